The summed E-state index contributed by atoms with van der Waals surface area (Å²) in [6, 6.07) is 0. The molecule has 0 bridgehead atoms. The van der Waals surface area contributed by atoms with Crippen LogP contribution in [0.4, 0.5) is 0 Å². The van der Waals surface area contributed by atoms with E-state index in [9.17, 15) is 0 Å². The van der Waals surface area contributed by atoms with E-state index in [4.69, 9.17) is 0 Å². The van der Waals surface area contributed by atoms with Crippen molar-refractivity contribution in [2.45, 2.75) is 6.42 Å². The van der Waals surface area contributed by atoms with Gasteiger partial charge in [0, 0.05) is 18.1 Å². The minimum absolute atomic E-state index is 0. The zero-order valence-electron chi connectivity index (χ0n) is 6.70. The SMILES string of the molecule is C1=CC2=CCC=CN2C=C1.[H+]. The average Bonchev–Trinajstić information content (AvgIpc) is 2.05. The highest BCUT2D eigenvalue weighted by atomic mass is 15.1. The van der Waals surface area contributed by atoms with Gasteiger partial charge in [0.1, 0.15) is 0 Å². The topological polar surface area (TPSA) is 3.24 Å². The number of rotatable bonds is 0. The van der Waals surface area contributed by atoms with Crippen molar-refractivity contribution in [2.75, 3.05) is 0 Å². The lowest BCUT2D eigenvalue weighted by Gasteiger charge is -2.21. The monoisotopic (exact) mass is 132 g/mol. The van der Waals surface area contributed by atoms with Crippen LogP contribution in [0.3, 0.4) is 0 Å². The smallest absolute Gasteiger partial charge is 0.325 e. The first-order chi connectivity index (χ1) is 4.97. The molecule has 1 nitrogen and oxygen atoms in total. The predicted molar refractivity (Wildman–Crippen MR) is 43.1 cm³/mol. The molecule has 2 heterocycles. The molecule has 0 saturated carbocycles. The Morgan fingerprint density at radius 1 is 1.30 bits per heavy atom. The van der Waals surface area contributed by atoms with Crippen LogP contribution in [-0.4, -0.2) is 4.90 Å². The Labute approximate surface area is 62.1 Å². The fraction of sp³-hybridized carbons (Fsp3) is 0.111. The van der Waals surface area contributed by atoms with E-state index in [-0.39, 0.29) is 1.43 Å². The van der Waals surface area contributed by atoms with E-state index in [0.717, 1.165) is 6.42 Å². The molecule has 0 radical (unpaired) electrons. The summed E-state index contributed by atoms with van der Waals surface area (Å²) in [4.78, 5) is 2.11. The molecule has 0 aromatic carbocycles. The summed E-state index contributed by atoms with van der Waals surface area (Å²) in [5.41, 5.74) is 1.28. The molecular weight excluding hydrogens is 122 g/mol. The van der Waals surface area contributed by atoms with Crippen LogP contribution in [0.25, 0.3) is 0 Å². The Morgan fingerprint density at radius 2 is 2.30 bits per heavy atom. The molecule has 0 N–H and O–H groups in total. The zero-order valence-corrected chi connectivity index (χ0v) is 5.70. The highest BCUT2D eigenvalue weighted by Crippen LogP contribution is 2.17. The number of fused-ring (bicyclic) bond motifs is 1. The largest absolute Gasteiger partial charge is 1.00 e. The second-order valence-corrected chi connectivity index (χ2v) is 2.36. The van der Waals surface area contributed by atoms with Gasteiger partial charge in [0.05, 0.1) is 0 Å². The van der Waals surface area contributed by atoms with Gasteiger partial charge in [-0.1, -0.05) is 18.2 Å². The number of hydrogen-bond acceptors (Lipinski definition) is 1. The van der Waals surface area contributed by atoms with Gasteiger partial charge in [0.25, 0.3) is 0 Å². The van der Waals surface area contributed by atoms with Crippen LogP contribution in [-0.2, 0) is 0 Å². The van der Waals surface area contributed by atoms with Crippen molar-refractivity contribution < 1.29 is 1.43 Å². The van der Waals surface area contributed by atoms with Crippen molar-refractivity contribution in [3.8, 4) is 0 Å². The second-order valence-electron chi connectivity index (χ2n) is 2.36. The summed E-state index contributed by atoms with van der Waals surface area (Å²) < 4.78 is 0. The Morgan fingerprint density at radius 3 is 3.20 bits per heavy atom. The first-order valence-electron chi connectivity index (χ1n) is 3.47. The molecule has 0 unspecified atom stereocenters. The molecule has 1 heteroatoms. The van der Waals surface area contributed by atoms with Gasteiger partial charge in [0.2, 0.25) is 0 Å². The van der Waals surface area contributed by atoms with Crippen LogP contribution in [0.5, 0.6) is 0 Å². The third kappa shape index (κ3) is 0.798. The Kier molecular flexibility index (Phi) is 1.21. The van der Waals surface area contributed by atoms with Crippen molar-refractivity contribution in [1.29, 1.82) is 0 Å². The van der Waals surface area contributed by atoms with E-state index in [0.29, 0.717) is 0 Å². The van der Waals surface area contributed by atoms with E-state index < -0.39 is 0 Å². The summed E-state index contributed by atoms with van der Waals surface area (Å²) >= 11 is 0. The summed E-state index contributed by atoms with van der Waals surface area (Å²) in [5, 5.41) is 0. The standard InChI is InChI=1S/C9H9N/c1-3-7-10-8-4-2-6-9(10)5-1/h1,3-8H,2H2/p+1. The Hall–Kier alpha value is -1.24. The molecule has 0 fully saturated rings. The molecule has 0 spiro atoms. The third-order valence-corrected chi connectivity index (χ3v) is 1.65. The van der Waals surface area contributed by atoms with Gasteiger partial charge in [-0.3, -0.25) is 0 Å². The molecule has 0 amide bonds. The van der Waals surface area contributed by atoms with Crippen LogP contribution < -0.4 is 0 Å². The van der Waals surface area contributed by atoms with Crippen LogP contribution in [0.2, 0.25) is 0 Å². The average molecular weight is 132 g/mol. The molecule has 0 aromatic heterocycles. The van der Waals surface area contributed by atoms with Crippen LogP contribution >= 0.6 is 0 Å². The van der Waals surface area contributed by atoms with Gasteiger partial charge in [-0.25, -0.2) is 0 Å². The van der Waals surface area contributed by atoms with E-state index in [2.05, 4.69) is 41.6 Å². The lowest BCUT2D eigenvalue weighted by molar-refractivity contribution is 0.629. The highest BCUT2D eigenvalue weighted by molar-refractivity contribution is 5.32. The highest BCUT2D eigenvalue weighted by Gasteiger charge is 2.03. The van der Waals surface area contributed by atoms with Gasteiger partial charge in [-0.2, -0.15) is 0 Å². The minimum Gasteiger partial charge on any atom is -0.325 e. The molecule has 2 aliphatic heterocycles. The van der Waals surface area contributed by atoms with Gasteiger partial charge in [-0.05, 0) is 18.6 Å². The van der Waals surface area contributed by atoms with Gasteiger partial charge in [-0.15, -0.1) is 0 Å². The maximum Gasteiger partial charge on any atom is 1.00 e. The quantitative estimate of drug-likeness (QED) is 0.488. The molecule has 0 aliphatic carbocycles. The molecule has 0 aromatic rings. The first-order valence-corrected chi connectivity index (χ1v) is 3.47. The van der Waals surface area contributed by atoms with E-state index >= 15 is 0 Å². The van der Waals surface area contributed by atoms with Crippen molar-refractivity contribution in [3.63, 3.8) is 0 Å². The van der Waals surface area contributed by atoms with Crippen molar-refractivity contribution >= 4 is 0 Å². The van der Waals surface area contributed by atoms with Crippen molar-refractivity contribution in [2.24, 2.45) is 0 Å². The minimum atomic E-state index is 0. The lowest BCUT2D eigenvalue weighted by atomic mass is 10.2. The third-order valence-electron chi connectivity index (χ3n) is 1.65. The van der Waals surface area contributed by atoms with E-state index in [1.807, 2.05) is 6.08 Å². The number of nitrogens with zero attached hydrogens (tertiary/aromatic N) is 1. The summed E-state index contributed by atoms with van der Waals surface area (Å²) in [7, 11) is 0. The van der Waals surface area contributed by atoms with Crippen molar-refractivity contribution in [3.05, 3.63) is 48.5 Å². The maximum absolute atomic E-state index is 2.21. The van der Waals surface area contributed by atoms with Crippen molar-refractivity contribution in [1.82, 2.24) is 4.90 Å². The van der Waals surface area contributed by atoms with E-state index in [1.54, 1.807) is 0 Å². The van der Waals surface area contributed by atoms with E-state index in [1.165, 1.54) is 5.70 Å². The molecule has 2 rings (SSSR count). The molecule has 2 aliphatic rings. The Balaban J connectivity index is 0.000000605. The van der Waals surface area contributed by atoms with Gasteiger partial charge in [0.15, 0.2) is 0 Å². The van der Waals surface area contributed by atoms with Gasteiger partial charge >= 0.3 is 1.43 Å². The second kappa shape index (κ2) is 2.18. The number of allylic oxidation sites excluding steroid dienone is 5. The lowest BCUT2D eigenvalue weighted by Crippen LogP contribution is -2.11. The fourth-order valence-electron chi connectivity index (χ4n) is 1.14. The molecule has 10 heavy (non-hydrogen) atoms. The van der Waals surface area contributed by atoms with Crippen LogP contribution in [0.1, 0.15) is 7.85 Å². The Bertz CT molecular complexity index is 248. The normalized spacial score (nSPS) is 20.8. The molecular formula is C9H10N+. The fourth-order valence-corrected chi connectivity index (χ4v) is 1.14. The maximum atomic E-state index is 2.21. The van der Waals surface area contributed by atoms with Gasteiger partial charge < -0.3 is 4.90 Å². The zero-order chi connectivity index (χ0) is 6.81. The molecule has 0 saturated heterocycles. The molecule has 50 valence electrons. The summed E-state index contributed by atoms with van der Waals surface area (Å²) in [6.45, 7) is 0. The summed E-state index contributed by atoms with van der Waals surface area (Å²) in [6.07, 6.45) is 15.8. The van der Waals surface area contributed by atoms with Crippen LogP contribution in [0.15, 0.2) is 48.5 Å². The predicted octanol–water partition coefficient (Wildman–Crippen LogP) is 2.29. The first kappa shape index (κ1) is 5.54. The van der Waals surface area contributed by atoms with Crippen LogP contribution in [0, 0.1) is 0 Å². The summed E-state index contributed by atoms with van der Waals surface area (Å²) in [5.74, 6) is 0. The molecule has 0 atom stereocenters. The number of hydrogen-bond donors (Lipinski definition) is 0.